The summed E-state index contributed by atoms with van der Waals surface area (Å²) in [7, 11) is 0. The lowest BCUT2D eigenvalue weighted by Gasteiger charge is -2.23. The molecule has 0 atom stereocenters. The van der Waals surface area contributed by atoms with Crippen LogP contribution in [0, 0.1) is 6.92 Å². The van der Waals surface area contributed by atoms with Gasteiger partial charge in [0.25, 0.3) is 0 Å². The van der Waals surface area contributed by atoms with E-state index in [-0.39, 0.29) is 5.41 Å². The molecule has 0 saturated heterocycles. The van der Waals surface area contributed by atoms with Crippen molar-refractivity contribution in [1.82, 2.24) is 0 Å². The number of hydrogen-bond donors (Lipinski definition) is 0. The first-order chi connectivity index (χ1) is 8.10. The number of hydrogen-bond acceptors (Lipinski definition) is 0. The molecule has 0 radical (unpaired) electrons. The van der Waals surface area contributed by atoms with Crippen LogP contribution in [-0.4, -0.2) is 0 Å². The first kappa shape index (κ1) is 10.6. The van der Waals surface area contributed by atoms with Gasteiger partial charge in [-0.2, -0.15) is 0 Å². The minimum Gasteiger partial charge on any atom is -0.0804 e. The third-order valence-electron chi connectivity index (χ3n) is 3.94. The van der Waals surface area contributed by atoms with E-state index in [2.05, 4.69) is 63.3 Å². The molecule has 0 aromatic heterocycles. The summed E-state index contributed by atoms with van der Waals surface area (Å²) in [4.78, 5) is 0. The Hall–Kier alpha value is -1.56. The summed E-state index contributed by atoms with van der Waals surface area (Å²) in [5.41, 5.74) is 7.26. The van der Waals surface area contributed by atoms with Gasteiger partial charge < -0.3 is 0 Å². The van der Waals surface area contributed by atoms with Gasteiger partial charge >= 0.3 is 0 Å². The van der Waals surface area contributed by atoms with Gasteiger partial charge in [0, 0.05) is 5.41 Å². The Morgan fingerprint density at radius 2 is 1.82 bits per heavy atom. The van der Waals surface area contributed by atoms with Crippen LogP contribution in [-0.2, 0) is 5.41 Å². The van der Waals surface area contributed by atoms with E-state index in [1.165, 1.54) is 27.8 Å². The van der Waals surface area contributed by atoms with Crippen molar-refractivity contribution in [3.8, 4) is 0 Å². The Morgan fingerprint density at radius 1 is 1.06 bits per heavy atom. The number of fused-ring (bicyclic) bond motifs is 2. The fraction of sp³-hybridized carbons (Fsp3) is 0.294. The Morgan fingerprint density at radius 3 is 2.65 bits per heavy atom. The summed E-state index contributed by atoms with van der Waals surface area (Å²) >= 11 is 0. The summed E-state index contributed by atoms with van der Waals surface area (Å²) in [6, 6.07) is 6.83. The smallest absolute Gasteiger partial charge is 0.0158 e. The standard InChI is InChI=1S/C17H18/c1-12-9-10-14-13-7-5-4-6-8-15(13)17(2,3)16(14)11-12/h5-11H,4H2,1-3H3. The van der Waals surface area contributed by atoms with Crippen molar-refractivity contribution in [2.75, 3.05) is 0 Å². The molecule has 86 valence electrons. The molecule has 0 amide bonds. The van der Waals surface area contributed by atoms with Crippen LogP contribution in [0.25, 0.3) is 5.57 Å². The zero-order valence-electron chi connectivity index (χ0n) is 10.7. The molecular weight excluding hydrogens is 204 g/mol. The zero-order valence-corrected chi connectivity index (χ0v) is 10.7. The van der Waals surface area contributed by atoms with E-state index in [0.29, 0.717) is 0 Å². The summed E-state index contributed by atoms with van der Waals surface area (Å²) in [5.74, 6) is 0. The van der Waals surface area contributed by atoms with E-state index >= 15 is 0 Å². The van der Waals surface area contributed by atoms with Gasteiger partial charge in [0.1, 0.15) is 0 Å². The van der Waals surface area contributed by atoms with Gasteiger partial charge in [-0.05, 0) is 35.6 Å². The van der Waals surface area contributed by atoms with E-state index in [4.69, 9.17) is 0 Å². The quantitative estimate of drug-likeness (QED) is 0.604. The van der Waals surface area contributed by atoms with Crippen LogP contribution in [0.5, 0.6) is 0 Å². The van der Waals surface area contributed by atoms with E-state index in [1.807, 2.05) is 0 Å². The SMILES string of the molecule is Cc1ccc2c(c1)C(C)(C)C1=C2C=CCC=C1. The van der Waals surface area contributed by atoms with Crippen LogP contribution in [0.4, 0.5) is 0 Å². The highest BCUT2D eigenvalue weighted by Crippen LogP contribution is 2.48. The lowest BCUT2D eigenvalue weighted by atomic mass is 9.80. The van der Waals surface area contributed by atoms with Gasteiger partial charge in [-0.15, -0.1) is 0 Å². The second-order valence-electron chi connectivity index (χ2n) is 5.54. The van der Waals surface area contributed by atoms with Crippen LogP contribution in [0.15, 0.2) is 48.1 Å². The second kappa shape index (κ2) is 3.46. The van der Waals surface area contributed by atoms with Crippen molar-refractivity contribution in [3.63, 3.8) is 0 Å². The van der Waals surface area contributed by atoms with Gasteiger partial charge in [0.2, 0.25) is 0 Å². The predicted octanol–water partition coefficient (Wildman–Crippen LogP) is 4.56. The molecule has 0 heteroatoms. The number of aryl methyl sites for hydroxylation is 1. The zero-order chi connectivity index (χ0) is 12.0. The second-order valence-corrected chi connectivity index (χ2v) is 5.54. The highest BCUT2D eigenvalue weighted by Gasteiger charge is 2.35. The van der Waals surface area contributed by atoms with Crippen molar-refractivity contribution < 1.29 is 0 Å². The maximum atomic E-state index is 2.34. The maximum Gasteiger partial charge on any atom is 0.0158 e. The van der Waals surface area contributed by atoms with Crippen molar-refractivity contribution in [3.05, 3.63) is 64.8 Å². The fourth-order valence-electron chi connectivity index (χ4n) is 2.96. The topological polar surface area (TPSA) is 0 Å². The van der Waals surface area contributed by atoms with Crippen molar-refractivity contribution in [2.24, 2.45) is 0 Å². The van der Waals surface area contributed by atoms with Crippen molar-refractivity contribution >= 4 is 5.57 Å². The highest BCUT2D eigenvalue weighted by molar-refractivity contribution is 5.88. The minimum absolute atomic E-state index is 0.141. The average molecular weight is 222 g/mol. The monoisotopic (exact) mass is 222 g/mol. The molecule has 0 unspecified atom stereocenters. The molecule has 0 saturated carbocycles. The summed E-state index contributed by atoms with van der Waals surface area (Å²) in [5, 5.41) is 0. The molecule has 0 fully saturated rings. The summed E-state index contributed by atoms with van der Waals surface area (Å²) < 4.78 is 0. The largest absolute Gasteiger partial charge is 0.0804 e. The Labute approximate surface area is 103 Å². The van der Waals surface area contributed by atoms with Crippen molar-refractivity contribution in [1.29, 1.82) is 0 Å². The summed E-state index contributed by atoms with van der Waals surface area (Å²) in [6.07, 6.45) is 10.2. The molecule has 2 aliphatic rings. The Balaban J connectivity index is 2.31. The Bertz CT molecular complexity index is 566. The number of allylic oxidation sites excluding steroid dienone is 6. The van der Waals surface area contributed by atoms with Crippen LogP contribution >= 0.6 is 0 Å². The third kappa shape index (κ3) is 1.44. The maximum absolute atomic E-state index is 2.34. The third-order valence-corrected chi connectivity index (χ3v) is 3.94. The molecule has 0 spiro atoms. The normalized spacial score (nSPS) is 20.2. The minimum atomic E-state index is 0.141. The van der Waals surface area contributed by atoms with Gasteiger partial charge in [0.05, 0.1) is 0 Å². The molecule has 2 aliphatic carbocycles. The Kier molecular flexibility index (Phi) is 2.16. The van der Waals surface area contributed by atoms with E-state index in [0.717, 1.165) is 6.42 Å². The van der Waals surface area contributed by atoms with E-state index in [9.17, 15) is 0 Å². The first-order valence-electron chi connectivity index (χ1n) is 6.30. The van der Waals surface area contributed by atoms with Gasteiger partial charge in [-0.3, -0.25) is 0 Å². The molecule has 0 bridgehead atoms. The summed E-state index contributed by atoms with van der Waals surface area (Å²) in [6.45, 7) is 6.83. The van der Waals surface area contributed by atoms with Crippen molar-refractivity contribution in [2.45, 2.75) is 32.6 Å². The van der Waals surface area contributed by atoms with Crippen LogP contribution in [0.1, 0.15) is 37.0 Å². The highest BCUT2D eigenvalue weighted by atomic mass is 14.4. The molecule has 1 aromatic carbocycles. The first-order valence-corrected chi connectivity index (χ1v) is 6.30. The van der Waals surface area contributed by atoms with Gasteiger partial charge in [-0.1, -0.05) is 61.9 Å². The van der Waals surface area contributed by atoms with Gasteiger partial charge in [-0.25, -0.2) is 0 Å². The predicted molar refractivity (Wildman–Crippen MR) is 74.0 cm³/mol. The molecule has 0 heterocycles. The fourth-order valence-corrected chi connectivity index (χ4v) is 2.96. The molecule has 17 heavy (non-hydrogen) atoms. The molecule has 0 nitrogen and oxygen atoms in total. The molecule has 1 aromatic rings. The molecular formula is C17H18. The van der Waals surface area contributed by atoms with Crippen LogP contribution in [0.2, 0.25) is 0 Å². The average Bonchev–Trinajstić information content (AvgIpc) is 2.50. The van der Waals surface area contributed by atoms with Crippen LogP contribution < -0.4 is 0 Å². The lowest BCUT2D eigenvalue weighted by molar-refractivity contribution is 0.653. The molecule has 0 N–H and O–H groups in total. The lowest BCUT2D eigenvalue weighted by Crippen LogP contribution is -2.16. The molecule has 3 rings (SSSR count). The number of benzene rings is 1. The van der Waals surface area contributed by atoms with E-state index < -0.39 is 0 Å². The number of rotatable bonds is 0. The van der Waals surface area contributed by atoms with Crippen LogP contribution in [0.3, 0.4) is 0 Å². The van der Waals surface area contributed by atoms with E-state index in [1.54, 1.807) is 0 Å². The molecule has 0 aliphatic heterocycles. The van der Waals surface area contributed by atoms with Gasteiger partial charge in [0.15, 0.2) is 0 Å².